The second-order valence-electron chi connectivity index (χ2n) is 4.57. The number of fused-ring (bicyclic) bond motifs is 1. The van der Waals surface area contributed by atoms with Gasteiger partial charge in [-0.25, -0.2) is 4.98 Å². The molecule has 0 saturated carbocycles. The first-order valence-corrected chi connectivity index (χ1v) is 6.23. The molecule has 94 valence electrons. The van der Waals surface area contributed by atoms with Gasteiger partial charge in [-0.15, -0.1) is 0 Å². The molecule has 0 aromatic carbocycles. The van der Waals surface area contributed by atoms with Gasteiger partial charge in [0.25, 0.3) is 0 Å². The van der Waals surface area contributed by atoms with Crippen LogP contribution < -0.4 is 0 Å². The number of H-pyrrole nitrogens is 1. The lowest BCUT2D eigenvalue weighted by atomic mass is 10.1. The summed E-state index contributed by atoms with van der Waals surface area (Å²) >= 11 is 0. The van der Waals surface area contributed by atoms with Crippen molar-refractivity contribution in [1.82, 2.24) is 9.97 Å². The quantitative estimate of drug-likeness (QED) is 0.819. The number of hydrogen-bond donors (Lipinski definition) is 1. The molecule has 0 spiro atoms. The molecule has 0 atom stereocenters. The summed E-state index contributed by atoms with van der Waals surface area (Å²) in [6.07, 6.45) is 5.04. The number of aliphatic imine (C=N–C) groups is 1. The van der Waals surface area contributed by atoms with Crippen LogP contribution in [-0.4, -0.2) is 22.7 Å². The number of aryl methyl sites for hydroxylation is 1. The van der Waals surface area contributed by atoms with Crippen molar-refractivity contribution in [3.63, 3.8) is 0 Å². The van der Waals surface area contributed by atoms with Crippen LogP contribution in [0, 0.1) is 6.92 Å². The highest BCUT2D eigenvalue weighted by Crippen LogP contribution is 2.16. The molecule has 0 aliphatic heterocycles. The van der Waals surface area contributed by atoms with Crippen LogP contribution in [0.4, 0.5) is 0 Å². The van der Waals surface area contributed by atoms with Crippen molar-refractivity contribution < 1.29 is 0 Å². The van der Waals surface area contributed by atoms with Crippen molar-refractivity contribution in [3.05, 3.63) is 41.2 Å². The lowest BCUT2D eigenvalue weighted by Crippen LogP contribution is -1.98. The SMILES string of the molecule is CC/C(C)=C\C(=NC)c1cnc2[nH]c(C)cc2c1. The molecule has 0 bridgehead atoms. The normalized spacial score (nSPS) is 13.3. The summed E-state index contributed by atoms with van der Waals surface area (Å²) < 4.78 is 0. The van der Waals surface area contributed by atoms with Gasteiger partial charge < -0.3 is 4.98 Å². The van der Waals surface area contributed by atoms with Crippen LogP contribution in [-0.2, 0) is 0 Å². The van der Waals surface area contributed by atoms with Gasteiger partial charge in [-0.1, -0.05) is 12.5 Å². The Morgan fingerprint density at radius 1 is 1.44 bits per heavy atom. The smallest absolute Gasteiger partial charge is 0.137 e. The summed E-state index contributed by atoms with van der Waals surface area (Å²) in [5, 5.41) is 1.13. The zero-order chi connectivity index (χ0) is 13.1. The van der Waals surface area contributed by atoms with Gasteiger partial charge in [0.2, 0.25) is 0 Å². The van der Waals surface area contributed by atoms with E-state index in [-0.39, 0.29) is 0 Å². The second kappa shape index (κ2) is 5.17. The summed E-state index contributed by atoms with van der Waals surface area (Å²) in [4.78, 5) is 12.0. The molecule has 3 heteroatoms. The van der Waals surface area contributed by atoms with Crippen LogP contribution in [0.15, 0.2) is 35.0 Å². The summed E-state index contributed by atoms with van der Waals surface area (Å²) in [7, 11) is 1.82. The van der Waals surface area contributed by atoms with Crippen LogP contribution in [0.2, 0.25) is 0 Å². The Kier molecular flexibility index (Phi) is 3.60. The van der Waals surface area contributed by atoms with Gasteiger partial charge in [0.15, 0.2) is 0 Å². The maximum Gasteiger partial charge on any atom is 0.137 e. The molecule has 2 heterocycles. The van der Waals surface area contributed by atoms with E-state index in [1.165, 1.54) is 5.57 Å². The van der Waals surface area contributed by atoms with E-state index in [2.05, 4.69) is 47.0 Å². The number of nitrogens with zero attached hydrogens (tertiary/aromatic N) is 2. The zero-order valence-corrected chi connectivity index (χ0v) is 11.4. The number of allylic oxidation sites excluding steroid dienone is 2. The molecule has 0 saturated heterocycles. The van der Waals surface area contributed by atoms with Crippen molar-refractivity contribution in [2.24, 2.45) is 4.99 Å². The molecule has 0 radical (unpaired) electrons. The van der Waals surface area contributed by atoms with E-state index in [0.717, 1.165) is 34.4 Å². The summed E-state index contributed by atoms with van der Waals surface area (Å²) in [6.45, 7) is 6.31. The van der Waals surface area contributed by atoms with Crippen LogP contribution in [0.5, 0.6) is 0 Å². The maximum absolute atomic E-state index is 4.44. The minimum absolute atomic E-state index is 0.933. The molecule has 0 amide bonds. The average molecular weight is 241 g/mol. The van der Waals surface area contributed by atoms with Gasteiger partial charge in [0, 0.05) is 29.9 Å². The first-order chi connectivity index (χ1) is 8.63. The minimum atomic E-state index is 0.933. The zero-order valence-electron chi connectivity index (χ0n) is 11.4. The highest BCUT2D eigenvalue weighted by atomic mass is 14.9. The standard InChI is InChI=1S/C15H19N3/c1-5-10(2)6-14(16-4)13-8-12-7-11(3)18-15(12)17-9-13/h6-9H,5H2,1-4H3,(H,17,18)/b10-6-,16-14?. The number of aromatic amines is 1. The summed E-state index contributed by atoms with van der Waals surface area (Å²) in [5.41, 5.74) is 5.44. The summed E-state index contributed by atoms with van der Waals surface area (Å²) in [6, 6.07) is 4.24. The monoisotopic (exact) mass is 241 g/mol. The minimum Gasteiger partial charge on any atom is -0.344 e. The molecule has 3 nitrogen and oxygen atoms in total. The fourth-order valence-corrected chi connectivity index (χ4v) is 1.90. The number of hydrogen-bond acceptors (Lipinski definition) is 2. The first-order valence-electron chi connectivity index (χ1n) is 6.23. The van der Waals surface area contributed by atoms with E-state index in [4.69, 9.17) is 0 Å². The van der Waals surface area contributed by atoms with E-state index < -0.39 is 0 Å². The molecule has 18 heavy (non-hydrogen) atoms. The Hall–Kier alpha value is -1.90. The van der Waals surface area contributed by atoms with Gasteiger partial charge in [-0.05, 0) is 38.5 Å². The molecule has 0 fully saturated rings. The highest BCUT2D eigenvalue weighted by Gasteiger charge is 2.04. The fraction of sp³-hybridized carbons (Fsp3) is 0.333. The Labute approximate surface area is 108 Å². The lowest BCUT2D eigenvalue weighted by molar-refractivity contribution is 1.10. The molecule has 2 aromatic heterocycles. The fourth-order valence-electron chi connectivity index (χ4n) is 1.90. The third-order valence-electron chi connectivity index (χ3n) is 3.08. The average Bonchev–Trinajstić information content (AvgIpc) is 2.74. The van der Waals surface area contributed by atoms with E-state index in [1.54, 1.807) is 0 Å². The third kappa shape index (κ3) is 2.50. The van der Waals surface area contributed by atoms with Crippen molar-refractivity contribution in [2.45, 2.75) is 27.2 Å². The molecule has 1 N–H and O–H groups in total. The van der Waals surface area contributed by atoms with Gasteiger partial charge in [-0.3, -0.25) is 4.99 Å². The van der Waals surface area contributed by atoms with Gasteiger partial charge in [-0.2, -0.15) is 0 Å². The van der Waals surface area contributed by atoms with E-state index in [1.807, 2.05) is 20.2 Å². The molecule has 2 rings (SSSR count). The molecule has 0 unspecified atom stereocenters. The van der Waals surface area contributed by atoms with E-state index in [0.29, 0.717) is 0 Å². The number of nitrogens with one attached hydrogen (secondary N) is 1. The predicted molar refractivity (Wildman–Crippen MR) is 77.3 cm³/mol. The predicted octanol–water partition coefficient (Wildman–Crippen LogP) is 3.65. The third-order valence-corrected chi connectivity index (χ3v) is 3.08. The van der Waals surface area contributed by atoms with Gasteiger partial charge in [0.1, 0.15) is 5.65 Å². The largest absolute Gasteiger partial charge is 0.344 e. The van der Waals surface area contributed by atoms with Crippen LogP contribution >= 0.6 is 0 Å². The molecule has 0 aliphatic rings. The van der Waals surface area contributed by atoms with Crippen LogP contribution in [0.3, 0.4) is 0 Å². The molecule has 0 aliphatic carbocycles. The van der Waals surface area contributed by atoms with E-state index in [9.17, 15) is 0 Å². The molecule has 2 aromatic rings. The van der Waals surface area contributed by atoms with Gasteiger partial charge in [0.05, 0.1) is 5.71 Å². The van der Waals surface area contributed by atoms with Crippen molar-refractivity contribution in [1.29, 1.82) is 0 Å². The highest BCUT2D eigenvalue weighted by molar-refractivity contribution is 6.10. The Balaban J connectivity index is 2.46. The number of aromatic nitrogens is 2. The van der Waals surface area contributed by atoms with Crippen LogP contribution in [0.1, 0.15) is 31.5 Å². The Bertz CT molecular complexity index is 618. The summed E-state index contributed by atoms with van der Waals surface area (Å²) in [5.74, 6) is 0. The Morgan fingerprint density at radius 3 is 2.89 bits per heavy atom. The van der Waals surface area contributed by atoms with E-state index >= 15 is 0 Å². The van der Waals surface area contributed by atoms with Crippen molar-refractivity contribution in [2.75, 3.05) is 7.05 Å². The van der Waals surface area contributed by atoms with Crippen molar-refractivity contribution in [3.8, 4) is 0 Å². The lowest BCUT2D eigenvalue weighted by Gasteiger charge is -2.02. The molecular formula is C15H19N3. The Morgan fingerprint density at radius 2 is 2.22 bits per heavy atom. The first kappa shape index (κ1) is 12.6. The van der Waals surface area contributed by atoms with Gasteiger partial charge >= 0.3 is 0 Å². The molecular weight excluding hydrogens is 222 g/mol. The number of rotatable bonds is 3. The van der Waals surface area contributed by atoms with Crippen molar-refractivity contribution >= 4 is 16.7 Å². The maximum atomic E-state index is 4.44. The van der Waals surface area contributed by atoms with Crippen LogP contribution in [0.25, 0.3) is 11.0 Å². The second-order valence-corrected chi connectivity index (χ2v) is 4.57. The number of pyridine rings is 1. The topological polar surface area (TPSA) is 41.0 Å².